The number of esters is 1. The number of carbonyl (C=O) groups excluding carboxylic acids is 2. The van der Waals surface area contributed by atoms with Crippen molar-refractivity contribution >= 4 is 17.6 Å². The van der Waals surface area contributed by atoms with Gasteiger partial charge in [-0.1, -0.05) is 0 Å². The molecule has 0 saturated heterocycles. The third-order valence-corrected chi connectivity index (χ3v) is 3.52. The molecule has 4 nitrogen and oxygen atoms in total. The number of ether oxygens (including phenoxy) is 1. The first-order chi connectivity index (χ1) is 8.70. The van der Waals surface area contributed by atoms with Gasteiger partial charge in [-0.2, -0.15) is 0 Å². The highest BCUT2D eigenvalue weighted by molar-refractivity contribution is 6.04. The molecule has 0 aliphatic carbocycles. The van der Waals surface area contributed by atoms with Crippen LogP contribution in [0, 0.1) is 0 Å². The fourth-order valence-corrected chi connectivity index (χ4v) is 2.81. The zero-order valence-corrected chi connectivity index (χ0v) is 10.4. The second kappa shape index (κ2) is 4.12. The summed E-state index contributed by atoms with van der Waals surface area (Å²) in [4.78, 5) is 25.5. The zero-order chi connectivity index (χ0) is 12.7. The number of benzene rings is 1. The normalized spacial score (nSPS) is 16.7. The van der Waals surface area contributed by atoms with Crippen molar-refractivity contribution in [3.63, 3.8) is 0 Å². The zero-order valence-electron chi connectivity index (χ0n) is 10.4. The largest absolute Gasteiger partial charge is 0.462 e. The average molecular weight is 245 g/mol. The van der Waals surface area contributed by atoms with Crippen molar-refractivity contribution in [1.29, 1.82) is 0 Å². The van der Waals surface area contributed by atoms with E-state index in [1.54, 1.807) is 13.0 Å². The smallest absolute Gasteiger partial charge is 0.338 e. The van der Waals surface area contributed by atoms with Crippen LogP contribution in [-0.2, 0) is 22.4 Å². The number of amides is 1. The van der Waals surface area contributed by atoms with Crippen molar-refractivity contribution in [1.82, 2.24) is 0 Å². The van der Waals surface area contributed by atoms with E-state index in [-0.39, 0.29) is 11.9 Å². The summed E-state index contributed by atoms with van der Waals surface area (Å²) in [6, 6.07) is 3.68. The molecule has 4 heteroatoms. The molecule has 2 aliphatic heterocycles. The number of rotatable bonds is 2. The maximum Gasteiger partial charge on any atom is 0.338 e. The lowest BCUT2D eigenvalue weighted by Crippen LogP contribution is -2.31. The molecule has 1 amide bonds. The van der Waals surface area contributed by atoms with Gasteiger partial charge < -0.3 is 9.64 Å². The van der Waals surface area contributed by atoms with E-state index in [1.165, 1.54) is 0 Å². The summed E-state index contributed by atoms with van der Waals surface area (Å²) in [7, 11) is 0. The molecule has 0 aromatic heterocycles. The highest BCUT2D eigenvalue weighted by atomic mass is 16.5. The molecule has 3 rings (SSSR count). The minimum absolute atomic E-state index is 0.145. The van der Waals surface area contributed by atoms with Gasteiger partial charge in [0, 0.05) is 6.54 Å². The average Bonchev–Trinajstić information content (AvgIpc) is 2.68. The first kappa shape index (κ1) is 11.3. The van der Waals surface area contributed by atoms with Crippen LogP contribution in [0.5, 0.6) is 0 Å². The number of hydrogen-bond donors (Lipinski definition) is 0. The molecule has 0 radical (unpaired) electrons. The van der Waals surface area contributed by atoms with Crippen LogP contribution < -0.4 is 4.90 Å². The summed E-state index contributed by atoms with van der Waals surface area (Å²) in [6.07, 6.45) is 2.30. The molecule has 0 N–H and O–H groups in total. The SMILES string of the molecule is CCOC(=O)c1cc2c3c(c1)CC(=O)N3CCC2. The van der Waals surface area contributed by atoms with E-state index < -0.39 is 0 Å². The molecule has 0 saturated carbocycles. The molecule has 94 valence electrons. The predicted molar refractivity (Wildman–Crippen MR) is 66.8 cm³/mol. The van der Waals surface area contributed by atoms with E-state index in [2.05, 4.69) is 0 Å². The highest BCUT2D eigenvalue weighted by Gasteiger charge is 2.32. The van der Waals surface area contributed by atoms with Gasteiger partial charge in [0.05, 0.1) is 24.3 Å². The van der Waals surface area contributed by atoms with Crippen molar-refractivity contribution < 1.29 is 14.3 Å². The van der Waals surface area contributed by atoms with Gasteiger partial charge in [-0.25, -0.2) is 4.79 Å². The second-order valence-electron chi connectivity index (χ2n) is 4.69. The highest BCUT2D eigenvalue weighted by Crippen LogP contribution is 2.37. The third kappa shape index (κ3) is 1.60. The first-order valence-electron chi connectivity index (χ1n) is 6.34. The maximum absolute atomic E-state index is 11.9. The molecule has 0 bridgehead atoms. The van der Waals surface area contributed by atoms with Gasteiger partial charge in [0.2, 0.25) is 5.91 Å². The van der Waals surface area contributed by atoms with E-state index in [0.29, 0.717) is 18.6 Å². The van der Waals surface area contributed by atoms with Crippen LogP contribution in [0.15, 0.2) is 12.1 Å². The lowest BCUT2D eigenvalue weighted by molar-refractivity contribution is -0.117. The Bertz CT molecular complexity index is 536. The van der Waals surface area contributed by atoms with E-state index in [0.717, 1.165) is 36.2 Å². The molecular formula is C14H15NO3. The monoisotopic (exact) mass is 245 g/mol. The molecule has 0 unspecified atom stereocenters. The molecule has 0 fully saturated rings. The molecule has 2 aliphatic rings. The lowest BCUT2D eigenvalue weighted by Gasteiger charge is -2.25. The Morgan fingerprint density at radius 3 is 2.94 bits per heavy atom. The van der Waals surface area contributed by atoms with Crippen molar-refractivity contribution in [2.45, 2.75) is 26.2 Å². The van der Waals surface area contributed by atoms with Gasteiger partial charge >= 0.3 is 5.97 Å². The summed E-state index contributed by atoms with van der Waals surface area (Å²) >= 11 is 0. The van der Waals surface area contributed by atoms with Gasteiger partial charge in [0.25, 0.3) is 0 Å². The molecule has 1 aromatic rings. The Hall–Kier alpha value is -1.84. The fraction of sp³-hybridized carbons (Fsp3) is 0.429. The van der Waals surface area contributed by atoms with Crippen molar-refractivity contribution in [2.24, 2.45) is 0 Å². The molecule has 18 heavy (non-hydrogen) atoms. The number of carbonyl (C=O) groups is 2. The Labute approximate surface area is 106 Å². The topological polar surface area (TPSA) is 46.6 Å². The standard InChI is InChI=1S/C14H15NO3/c1-2-18-14(17)11-6-9-4-3-5-15-12(16)8-10(7-11)13(9)15/h6-7H,2-5,8H2,1H3. The Morgan fingerprint density at radius 2 is 2.17 bits per heavy atom. The van der Waals surface area contributed by atoms with Crippen LogP contribution in [0.25, 0.3) is 0 Å². The molecule has 2 heterocycles. The van der Waals surface area contributed by atoms with Crippen LogP contribution in [-0.4, -0.2) is 25.0 Å². The van der Waals surface area contributed by atoms with E-state index in [4.69, 9.17) is 4.74 Å². The minimum Gasteiger partial charge on any atom is -0.462 e. The number of hydrogen-bond acceptors (Lipinski definition) is 3. The number of aryl methyl sites for hydroxylation is 1. The quantitative estimate of drug-likeness (QED) is 0.745. The van der Waals surface area contributed by atoms with Crippen LogP contribution in [0.1, 0.15) is 34.8 Å². The summed E-state index contributed by atoms with van der Waals surface area (Å²) < 4.78 is 5.02. The summed E-state index contributed by atoms with van der Waals surface area (Å²) in [5.74, 6) is -0.153. The lowest BCUT2D eigenvalue weighted by atomic mass is 9.97. The van der Waals surface area contributed by atoms with Crippen LogP contribution in [0.4, 0.5) is 5.69 Å². The van der Waals surface area contributed by atoms with Crippen LogP contribution in [0.2, 0.25) is 0 Å². The molecule has 0 atom stereocenters. The third-order valence-electron chi connectivity index (χ3n) is 3.52. The minimum atomic E-state index is -0.298. The first-order valence-corrected chi connectivity index (χ1v) is 6.34. The van der Waals surface area contributed by atoms with Crippen molar-refractivity contribution in [3.8, 4) is 0 Å². The predicted octanol–water partition coefficient (Wildman–Crippen LogP) is 1.70. The van der Waals surface area contributed by atoms with Crippen molar-refractivity contribution in [2.75, 3.05) is 18.1 Å². The Morgan fingerprint density at radius 1 is 1.39 bits per heavy atom. The maximum atomic E-state index is 11.9. The van der Waals surface area contributed by atoms with Crippen molar-refractivity contribution in [3.05, 3.63) is 28.8 Å². The van der Waals surface area contributed by atoms with Gasteiger partial charge in [-0.3, -0.25) is 4.79 Å². The van der Waals surface area contributed by atoms with Crippen LogP contribution in [0.3, 0.4) is 0 Å². The van der Waals surface area contributed by atoms with Gasteiger partial charge in [-0.15, -0.1) is 0 Å². The van der Waals surface area contributed by atoms with E-state index in [9.17, 15) is 9.59 Å². The molecular weight excluding hydrogens is 230 g/mol. The van der Waals surface area contributed by atoms with Crippen LogP contribution >= 0.6 is 0 Å². The van der Waals surface area contributed by atoms with Gasteiger partial charge in [0.1, 0.15) is 0 Å². The van der Waals surface area contributed by atoms with Gasteiger partial charge in [0.15, 0.2) is 0 Å². The van der Waals surface area contributed by atoms with E-state index in [1.807, 2.05) is 11.0 Å². The second-order valence-corrected chi connectivity index (χ2v) is 4.69. The molecule has 0 spiro atoms. The Kier molecular flexibility index (Phi) is 2.58. The summed E-state index contributed by atoms with van der Waals surface area (Å²) in [6.45, 7) is 2.97. The number of anilines is 1. The summed E-state index contributed by atoms with van der Waals surface area (Å²) in [5.41, 5.74) is 3.69. The fourth-order valence-electron chi connectivity index (χ4n) is 2.81. The summed E-state index contributed by atoms with van der Waals surface area (Å²) in [5, 5.41) is 0. The number of nitrogens with zero attached hydrogens (tertiary/aromatic N) is 1. The van der Waals surface area contributed by atoms with E-state index >= 15 is 0 Å². The molecule has 1 aromatic carbocycles. The Balaban J connectivity index is 2.06. The van der Waals surface area contributed by atoms with Gasteiger partial charge in [-0.05, 0) is 43.0 Å².